The second kappa shape index (κ2) is 3.93. The van der Waals surface area contributed by atoms with Crippen molar-refractivity contribution in [3.05, 3.63) is 28.5 Å². The Bertz CT molecular complexity index is 388. The molecular formula is C11H12BrNO2. The van der Waals surface area contributed by atoms with E-state index in [1.165, 1.54) is 0 Å². The van der Waals surface area contributed by atoms with Gasteiger partial charge >= 0.3 is 5.97 Å². The SMILES string of the molecule is CCOC(=O)C1(c2ccncc2Br)CC1. The van der Waals surface area contributed by atoms with Crippen molar-refractivity contribution in [2.45, 2.75) is 25.2 Å². The Labute approximate surface area is 97.0 Å². The Hall–Kier alpha value is -0.900. The third-order valence-corrected chi connectivity index (χ3v) is 3.34. The van der Waals surface area contributed by atoms with Gasteiger partial charge in [0.25, 0.3) is 0 Å². The van der Waals surface area contributed by atoms with Crippen LogP contribution in [0.4, 0.5) is 0 Å². The van der Waals surface area contributed by atoms with Gasteiger partial charge in [-0.25, -0.2) is 0 Å². The summed E-state index contributed by atoms with van der Waals surface area (Å²) in [7, 11) is 0. The molecule has 1 aromatic heterocycles. The predicted octanol–water partition coefficient (Wildman–Crippen LogP) is 2.44. The van der Waals surface area contributed by atoms with Crippen molar-refractivity contribution in [2.75, 3.05) is 6.61 Å². The Morgan fingerprint density at radius 3 is 2.93 bits per heavy atom. The number of ether oxygens (including phenoxy) is 1. The van der Waals surface area contributed by atoms with Crippen molar-refractivity contribution < 1.29 is 9.53 Å². The van der Waals surface area contributed by atoms with Gasteiger partial charge in [-0.15, -0.1) is 0 Å². The molecule has 1 saturated carbocycles. The smallest absolute Gasteiger partial charge is 0.316 e. The number of halogens is 1. The second-order valence-corrected chi connectivity index (χ2v) is 4.51. The van der Waals surface area contributed by atoms with Crippen LogP contribution in [0.5, 0.6) is 0 Å². The van der Waals surface area contributed by atoms with Crippen LogP contribution in [-0.2, 0) is 14.9 Å². The maximum atomic E-state index is 11.8. The lowest BCUT2D eigenvalue weighted by atomic mass is 9.97. The topological polar surface area (TPSA) is 39.2 Å². The monoisotopic (exact) mass is 269 g/mol. The minimum absolute atomic E-state index is 0.114. The van der Waals surface area contributed by atoms with E-state index >= 15 is 0 Å². The van der Waals surface area contributed by atoms with E-state index in [1.54, 1.807) is 12.4 Å². The fraction of sp³-hybridized carbons (Fsp3) is 0.455. The van der Waals surface area contributed by atoms with Gasteiger partial charge in [0, 0.05) is 16.9 Å². The largest absolute Gasteiger partial charge is 0.465 e. The van der Waals surface area contributed by atoms with Crippen molar-refractivity contribution in [1.82, 2.24) is 4.98 Å². The summed E-state index contributed by atoms with van der Waals surface area (Å²) in [6, 6.07) is 1.88. The van der Waals surface area contributed by atoms with Crippen LogP contribution < -0.4 is 0 Å². The number of pyridine rings is 1. The summed E-state index contributed by atoms with van der Waals surface area (Å²) >= 11 is 3.42. The molecule has 4 heteroatoms. The van der Waals surface area contributed by atoms with Crippen molar-refractivity contribution >= 4 is 21.9 Å². The third-order valence-electron chi connectivity index (χ3n) is 2.70. The molecule has 1 aliphatic rings. The molecule has 0 aromatic carbocycles. The first kappa shape index (κ1) is 10.6. The lowest BCUT2D eigenvalue weighted by Crippen LogP contribution is -2.23. The summed E-state index contributed by atoms with van der Waals surface area (Å²) in [5.41, 5.74) is 0.591. The van der Waals surface area contributed by atoms with E-state index < -0.39 is 5.41 Å². The van der Waals surface area contributed by atoms with Gasteiger partial charge in [0.1, 0.15) is 0 Å². The van der Waals surface area contributed by atoms with Crippen LogP contribution in [0, 0.1) is 0 Å². The van der Waals surface area contributed by atoms with Crippen molar-refractivity contribution in [3.8, 4) is 0 Å². The molecule has 1 fully saturated rings. The van der Waals surface area contributed by atoms with Gasteiger partial charge < -0.3 is 4.74 Å². The molecular weight excluding hydrogens is 258 g/mol. The first-order chi connectivity index (χ1) is 7.20. The standard InChI is InChI=1S/C11H12BrNO2/c1-2-15-10(14)11(4-5-11)8-3-6-13-7-9(8)12/h3,6-7H,2,4-5H2,1H3. The minimum Gasteiger partial charge on any atom is -0.465 e. The summed E-state index contributed by atoms with van der Waals surface area (Å²) in [6.07, 6.45) is 5.16. The average molecular weight is 270 g/mol. The van der Waals surface area contributed by atoms with Crippen LogP contribution in [0.3, 0.4) is 0 Å². The van der Waals surface area contributed by atoms with Crippen LogP contribution in [0.1, 0.15) is 25.3 Å². The maximum Gasteiger partial charge on any atom is 0.316 e. The molecule has 1 aliphatic carbocycles. The molecule has 3 nitrogen and oxygen atoms in total. The third kappa shape index (κ3) is 1.78. The minimum atomic E-state index is -0.405. The molecule has 80 valence electrons. The van der Waals surface area contributed by atoms with Crippen LogP contribution in [-0.4, -0.2) is 17.6 Å². The summed E-state index contributed by atoms with van der Waals surface area (Å²) in [4.78, 5) is 15.8. The predicted molar refractivity (Wildman–Crippen MR) is 59.5 cm³/mol. The molecule has 0 amide bonds. The Morgan fingerprint density at radius 2 is 2.40 bits per heavy atom. The van der Waals surface area contributed by atoms with Gasteiger partial charge in [-0.05, 0) is 47.3 Å². The van der Waals surface area contributed by atoms with Gasteiger partial charge in [0.15, 0.2) is 0 Å². The molecule has 0 saturated heterocycles. The summed E-state index contributed by atoms with van der Waals surface area (Å²) in [5, 5.41) is 0. The van der Waals surface area contributed by atoms with Crippen LogP contribution in [0.25, 0.3) is 0 Å². The normalized spacial score (nSPS) is 17.2. The van der Waals surface area contributed by atoms with Gasteiger partial charge in [-0.1, -0.05) is 0 Å². The summed E-state index contributed by atoms with van der Waals surface area (Å²) in [5.74, 6) is -0.114. The summed E-state index contributed by atoms with van der Waals surface area (Å²) < 4.78 is 5.98. The quantitative estimate of drug-likeness (QED) is 0.792. The summed E-state index contributed by atoms with van der Waals surface area (Å²) in [6.45, 7) is 2.26. The Kier molecular flexibility index (Phi) is 2.78. The molecule has 15 heavy (non-hydrogen) atoms. The maximum absolute atomic E-state index is 11.8. The fourth-order valence-electron chi connectivity index (χ4n) is 1.74. The molecule has 0 atom stereocenters. The van der Waals surface area contributed by atoms with Crippen molar-refractivity contribution in [2.24, 2.45) is 0 Å². The molecule has 0 N–H and O–H groups in total. The molecule has 0 radical (unpaired) electrons. The fourth-order valence-corrected chi connectivity index (χ4v) is 2.37. The number of rotatable bonds is 3. The molecule has 0 unspecified atom stereocenters. The zero-order valence-corrected chi connectivity index (χ0v) is 10.1. The molecule has 2 rings (SSSR count). The van der Waals surface area contributed by atoms with Gasteiger partial charge in [0.2, 0.25) is 0 Å². The first-order valence-corrected chi connectivity index (χ1v) is 5.77. The number of hydrogen-bond acceptors (Lipinski definition) is 3. The lowest BCUT2D eigenvalue weighted by molar-refractivity contribution is -0.146. The number of aromatic nitrogens is 1. The highest BCUT2D eigenvalue weighted by Crippen LogP contribution is 2.51. The van der Waals surface area contributed by atoms with E-state index in [-0.39, 0.29) is 5.97 Å². The first-order valence-electron chi connectivity index (χ1n) is 4.98. The highest BCUT2D eigenvalue weighted by Gasteiger charge is 2.53. The highest BCUT2D eigenvalue weighted by atomic mass is 79.9. The van der Waals surface area contributed by atoms with Crippen molar-refractivity contribution in [1.29, 1.82) is 0 Å². The van der Waals surface area contributed by atoms with Crippen LogP contribution in [0.2, 0.25) is 0 Å². The Balaban J connectivity index is 2.31. The van der Waals surface area contributed by atoms with E-state index in [9.17, 15) is 4.79 Å². The van der Waals surface area contributed by atoms with Gasteiger partial charge in [-0.3, -0.25) is 9.78 Å². The van der Waals surface area contributed by atoms with E-state index in [0.717, 1.165) is 22.9 Å². The number of nitrogens with zero attached hydrogens (tertiary/aromatic N) is 1. The highest BCUT2D eigenvalue weighted by molar-refractivity contribution is 9.10. The van der Waals surface area contributed by atoms with Crippen LogP contribution >= 0.6 is 15.9 Å². The molecule has 1 aromatic rings. The molecule has 1 heterocycles. The zero-order valence-electron chi connectivity index (χ0n) is 8.50. The molecule has 0 bridgehead atoms. The van der Waals surface area contributed by atoms with Crippen molar-refractivity contribution in [3.63, 3.8) is 0 Å². The molecule has 0 aliphatic heterocycles. The van der Waals surface area contributed by atoms with Gasteiger partial charge in [0.05, 0.1) is 12.0 Å². The number of carbonyl (C=O) groups excluding carboxylic acids is 1. The molecule has 0 spiro atoms. The van der Waals surface area contributed by atoms with E-state index in [4.69, 9.17) is 4.74 Å². The van der Waals surface area contributed by atoms with Crippen LogP contribution in [0.15, 0.2) is 22.9 Å². The van der Waals surface area contributed by atoms with E-state index in [0.29, 0.717) is 6.61 Å². The second-order valence-electron chi connectivity index (χ2n) is 3.66. The van der Waals surface area contributed by atoms with Gasteiger partial charge in [-0.2, -0.15) is 0 Å². The zero-order chi connectivity index (χ0) is 10.9. The number of carbonyl (C=O) groups is 1. The van der Waals surface area contributed by atoms with E-state index in [1.807, 2.05) is 13.0 Å². The average Bonchev–Trinajstić information content (AvgIpc) is 3.00. The Morgan fingerprint density at radius 1 is 1.67 bits per heavy atom. The number of hydrogen-bond donors (Lipinski definition) is 0. The van der Waals surface area contributed by atoms with E-state index in [2.05, 4.69) is 20.9 Å². The number of esters is 1. The lowest BCUT2D eigenvalue weighted by Gasteiger charge is -2.15.